The predicted octanol–water partition coefficient (Wildman–Crippen LogP) is 2.10. The Labute approximate surface area is 124 Å². The van der Waals surface area contributed by atoms with Crippen molar-refractivity contribution in [3.63, 3.8) is 0 Å². The lowest BCUT2D eigenvalue weighted by Crippen LogP contribution is -2.27. The van der Waals surface area contributed by atoms with E-state index in [1.54, 1.807) is 13.1 Å². The zero-order valence-electron chi connectivity index (χ0n) is 12.3. The minimum absolute atomic E-state index is 0.516. The number of nitriles is 1. The monoisotopic (exact) mass is 281 g/mol. The molecule has 0 atom stereocenters. The lowest BCUT2D eigenvalue weighted by molar-refractivity contribution is 0.707. The Kier molecular flexibility index (Phi) is 4.62. The first-order chi connectivity index (χ1) is 10.2. The number of nitrogen functional groups attached to an aromatic ring is 1. The van der Waals surface area contributed by atoms with Crippen LogP contribution < -0.4 is 16.5 Å². The van der Waals surface area contributed by atoms with Gasteiger partial charge in [-0.05, 0) is 12.5 Å². The molecule has 5 heteroatoms. The van der Waals surface area contributed by atoms with Crippen molar-refractivity contribution in [2.45, 2.75) is 20.0 Å². The number of pyridine rings is 1. The Morgan fingerprint density at radius 3 is 2.62 bits per heavy atom. The molecular weight excluding hydrogens is 262 g/mol. The van der Waals surface area contributed by atoms with Gasteiger partial charge in [0, 0.05) is 19.7 Å². The molecule has 1 heterocycles. The van der Waals surface area contributed by atoms with Crippen LogP contribution in [0.1, 0.15) is 18.1 Å². The lowest BCUT2D eigenvalue weighted by Gasteiger charge is -2.13. The molecule has 0 fully saturated rings. The number of nitrogens with zero attached hydrogens (tertiary/aromatic N) is 3. The molecule has 0 spiro atoms. The van der Waals surface area contributed by atoms with Crippen LogP contribution >= 0.6 is 0 Å². The van der Waals surface area contributed by atoms with Crippen LogP contribution in [0.3, 0.4) is 0 Å². The summed E-state index contributed by atoms with van der Waals surface area (Å²) in [4.78, 5) is 4.61. The average Bonchev–Trinajstić information content (AvgIpc) is 2.53. The largest absolute Gasteiger partial charge is 0.387 e. The second-order valence-electron chi connectivity index (χ2n) is 4.59. The van der Waals surface area contributed by atoms with Gasteiger partial charge < -0.3 is 15.6 Å². The van der Waals surface area contributed by atoms with Crippen LogP contribution in [0, 0.1) is 11.3 Å². The van der Waals surface area contributed by atoms with Gasteiger partial charge in [-0.3, -0.25) is 4.99 Å². The smallest absolute Gasteiger partial charge is 0.149 e. The van der Waals surface area contributed by atoms with Crippen LogP contribution in [0.25, 0.3) is 0 Å². The third-order valence-corrected chi connectivity index (χ3v) is 3.30. The first-order valence-electron chi connectivity index (χ1n) is 6.86. The van der Waals surface area contributed by atoms with Gasteiger partial charge in [0.15, 0.2) is 0 Å². The van der Waals surface area contributed by atoms with Gasteiger partial charge in [0.25, 0.3) is 0 Å². The molecule has 0 bridgehead atoms. The van der Waals surface area contributed by atoms with Crippen LogP contribution in [0.2, 0.25) is 0 Å². The van der Waals surface area contributed by atoms with Gasteiger partial charge in [-0.15, -0.1) is 0 Å². The van der Waals surface area contributed by atoms with Crippen molar-refractivity contribution >= 4 is 11.5 Å². The van der Waals surface area contributed by atoms with Crippen molar-refractivity contribution in [3.8, 4) is 6.07 Å². The summed E-state index contributed by atoms with van der Waals surface area (Å²) in [6.45, 7) is 3.17. The summed E-state index contributed by atoms with van der Waals surface area (Å²) >= 11 is 0. The van der Waals surface area contributed by atoms with E-state index >= 15 is 0 Å². The molecule has 0 unspecified atom stereocenters. The number of nitrogens with one attached hydrogen (secondary N) is 1. The average molecular weight is 281 g/mol. The van der Waals surface area contributed by atoms with Crippen LogP contribution in [0.4, 0.5) is 11.5 Å². The first-order valence-corrected chi connectivity index (χ1v) is 6.86. The molecule has 2 aromatic rings. The molecule has 0 radical (unpaired) electrons. The van der Waals surface area contributed by atoms with Crippen molar-refractivity contribution in [2.24, 2.45) is 4.99 Å². The quantitative estimate of drug-likeness (QED) is 0.900. The summed E-state index contributed by atoms with van der Waals surface area (Å²) in [5.74, 6) is 0.590. The van der Waals surface area contributed by atoms with Gasteiger partial charge in [0.2, 0.25) is 0 Å². The van der Waals surface area contributed by atoms with E-state index < -0.39 is 0 Å². The van der Waals surface area contributed by atoms with Crippen molar-refractivity contribution in [1.82, 2.24) is 4.57 Å². The highest BCUT2D eigenvalue weighted by molar-refractivity contribution is 5.60. The Balaban J connectivity index is 2.60. The molecule has 1 aromatic carbocycles. The number of aromatic nitrogens is 1. The van der Waals surface area contributed by atoms with Gasteiger partial charge in [0.05, 0.1) is 12.2 Å². The Morgan fingerprint density at radius 1 is 1.33 bits per heavy atom. The molecule has 0 saturated carbocycles. The van der Waals surface area contributed by atoms with Gasteiger partial charge in [-0.2, -0.15) is 5.26 Å². The van der Waals surface area contributed by atoms with Crippen molar-refractivity contribution in [3.05, 3.63) is 53.0 Å². The molecule has 3 N–H and O–H groups in total. The van der Waals surface area contributed by atoms with E-state index in [-0.39, 0.29) is 0 Å². The minimum atomic E-state index is 0.516. The van der Waals surface area contributed by atoms with Gasteiger partial charge in [0.1, 0.15) is 22.9 Å². The Morgan fingerprint density at radius 2 is 2.05 bits per heavy atom. The van der Waals surface area contributed by atoms with E-state index in [9.17, 15) is 5.26 Å². The maximum Gasteiger partial charge on any atom is 0.149 e. The van der Waals surface area contributed by atoms with E-state index in [4.69, 9.17) is 5.73 Å². The van der Waals surface area contributed by atoms with Gasteiger partial charge in [-0.1, -0.05) is 30.3 Å². The topological polar surface area (TPSA) is 79.1 Å². The standard InChI is InChI=1S/C16H19N5/c1-3-21-15(18)9-14(19-2)13(10-17)16(21)20-11-12-7-5-4-6-8-12/h4-9,19H,3,11,18H2,1-2H3. The molecule has 0 saturated heterocycles. The SMILES string of the molecule is CCn1c(N)cc(NC)c(C#N)c1=NCc1ccccc1. The highest BCUT2D eigenvalue weighted by Crippen LogP contribution is 2.14. The Bertz CT molecular complexity index is 723. The summed E-state index contributed by atoms with van der Waals surface area (Å²) in [5.41, 5.74) is 8.99. The number of hydrogen-bond donors (Lipinski definition) is 2. The summed E-state index contributed by atoms with van der Waals surface area (Å²) in [6, 6.07) is 13.9. The van der Waals surface area contributed by atoms with E-state index in [1.807, 2.05) is 41.8 Å². The van der Waals surface area contributed by atoms with Crippen LogP contribution in [-0.4, -0.2) is 11.6 Å². The summed E-state index contributed by atoms with van der Waals surface area (Å²) in [5, 5.41) is 12.4. The third kappa shape index (κ3) is 3.06. The molecule has 1 aromatic heterocycles. The number of hydrogen-bond acceptors (Lipinski definition) is 4. The molecule has 21 heavy (non-hydrogen) atoms. The van der Waals surface area contributed by atoms with Crippen molar-refractivity contribution < 1.29 is 0 Å². The maximum absolute atomic E-state index is 9.43. The molecule has 0 aliphatic heterocycles. The number of benzene rings is 1. The van der Waals surface area contributed by atoms with E-state index in [2.05, 4.69) is 16.4 Å². The Hall–Kier alpha value is -2.74. The molecule has 5 nitrogen and oxygen atoms in total. The van der Waals surface area contributed by atoms with E-state index in [1.165, 1.54) is 0 Å². The summed E-state index contributed by atoms with van der Waals surface area (Å²) in [7, 11) is 1.77. The predicted molar refractivity (Wildman–Crippen MR) is 84.5 cm³/mol. The highest BCUT2D eigenvalue weighted by Gasteiger charge is 2.09. The van der Waals surface area contributed by atoms with Crippen molar-refractivity contribution in [2.75, 3.05) is 18.1 Å². The first kappa shape index (κ1) is 14.7. The zero-order valence-corrected chi connectivity index (χ0v) is 12.3. The van der Waals surface area contributed by atoms with Crippen LogP contribution in [0.5, 0.6) is 0 Å². The summed E-state index contributed by atoms with van der Waals surface area (Å²) < 4.78 is 1.85. The van der Waals surface area contributed by atoms with E-state index in [0.29, 0.717) is 35.6 Å². The normalized spacial score (nSPS) is 11.2. The molecular formula is C16H19N5. The lowest BCUT2D eigenvalue weighted by atomic mass is 10.2. The zero-order chi connectivity index (χ0) is 15.2. The molecule has 0 aliphatic carbocycles. The van der Waals surface area contributed by atoms with Crippen LogP contribution in [-0.2, 0) is 13.1 Å². The minimum Gasteiger partial charge on any atom is -0.387 e. The number of anilines is 2. The molecule has 108 valence electrons. The number of rotatable bonds is 4. The third-order valence-electron chi connectivity index (χ3n) is 3.30. The molecule has 2 rings (SSSR count). The fraction of sp³-hybridized carbons (Fsp3) is 0.250. The van der Waals surface area contributed by atoms with E-state index in [0.717, 1.165) is 5.56 Å². The van der Waals surface area contributed by atoms with Crippen molar-refractivity contribution in [1.29, 1.82) is 5.26 Å². The van der Waals surface area contributed by atoms with Gasteiger partial charge >= 0.3 is 0 Å². The highest BCUT2D eigenvalue weighted by atomic mass is 15.1. The summed E-state index contributed by atoms with van der Waals surface area (Å²) in [6.07, 6.45) is 0. The second kappa shape index (κ2) is 6.62. The molecule has 0 aliphatic rings. The number of nitrogens with two attached hydrogens (primary N) is 1. The molecule has 0 amide bonds. The fourth-order valence-electron chi connectivity index (χ4n) is 2.23. The van der Waals surface area contributed by atoms with Crippen LogP contribution in [0.15, 0.2) is 41.4 Å². The van der Waals surface area contributed by atoms with Gasteiger partial charge in [-0.25, -0.2) is 0 Å². The fourth-order valence-corrected chi connectivity index (χ4v) is 2.23. The second-order valence-corrected chi connectivity index (χ2v) is 4.59. The maximum atomic E-state index is 9.43.